The number of nitrogens with zero attached hydrogens (tertiary/aromatic N) is 1. The van der Waals surface area contributed by atoms with E-state index in [9.17, 15) is 0 Å². The zero-order valence-corrected chi connectivity index (χ0v) is 12.3. The van der Waals surface area contributed by atoms with Gasteiger partial charge in [-0.15, -0.1) is 0 Å². The summed E-state index contributed by atoms with van der Waals surface area (Å²) in [6.07, 6.45) is 6.52. The summed E-state index contributed by atoms with van der Waals surface area (Å²) in [5, 5.41) is 12.5. The van der Waals surface area contributed by atoms with Gasteiger partial charge in [-0.3, -0.25) is 0 Å². The Kier molecular flexibility index (Phi) is 4.66. The van der Waals surface area contributed by atoms with Crippen LogP contribution in [0.5, 0.6) is 0 Å². The first-order chi connectivity index (χ1) is 8.72. The lowest BCUT2D eigenvalue weighted by Gasteiger charge is -2.29. The molecule has 0 spiro atoms. The molecule has 0 aliphatic heterocycles. The van der Waals surface area contributed by atoms with E-state index in [1.54, 1.807) is 0 Å². The van der Waals surface area contributed by atoms with E-state index in [0.29, 0.717) is 11.6 Å². The molecule has 1 aromatic carbocycles. The number of benzene rings is 1. The highest BCUT2D eigenvalue weighted by Crippen LogP contribution is 2.29. The molecule has 1 aliphatic rings. The van der Waals surface area contributed by atoms with Gasteiger partial charge in [-0.05, 0) is 52.9 Å². The monoisotopic (exact) mass is 306 g/mol. The standard InChI is InChI=1S/C15H19BrN2/c1-2-11-4-3-5-13(8-11)18-14-7-6-12(10-17)15(16)9-14/h6-7,9,11,13,18H,2-5,8H2,1H3. The Morgan fingerprint density at radius 2 is 2.28 bits per heavy atom. The van der Waals surface area contributed by atoms with Crippen LogP contribution in [-0.4, -0.2) is 6.04 Å². The van der Waals surface area contributed by atoms with Crippen LogP contribution < -0.4 is 5.32 Å². The Morgan fingerprint density at radius 1 is 1.44 bits per heavy atom. The summed E-state index contributed by atoms with van der Waals surface area (Å²) in [7, 11) is 0. The van der Waals surface area contributed by atoms with Crippen LogP contribution in [-0.2, 0) is 0 Å². The smallest absolute Gasteiger partial charge is 0.100 e. The van der Waals surface area contributed by atoms with Gasteiger partial charge in [0.2, 0.25) is 0 Å². The molecule has 3 heteroatoms. The lowest BCUT2D eigenvalue weighted by Crippen LogP contribution is -2.27. The number of anilines is 1. The minimum Gasteiger partial charge on any atom is -0.382 e. The van der Waals surface area contributed by atoms with Crippen LogP contribution in [0.3, 0.4) is 0 Å². The van der Waals surface area contributed by atoms with Crippen LogP contribution in [0.4, 0.5) is 5.69 Å². The molecule has 18 heavy (non-hydrogen) atoms. The molecule has 1 aliphatic carbocycles. The fourth-order valence-corrected chi connectivity index (χ4v) is 3.19. The summed E-state index contributed by atoms with van der Waals surface area (Å²) in [5.74, 6) is 0.873. The van der Waals surface area contributed by atoms with E-state index in [-0.39, 0.29) is 0 Å². The van der Waals surface area contributed by atoms with E-state index in [1.807, 2.05) is 18.2 Å². The second-order valence-corrected chi connectivity index (χ2v) is 5.94. The Labute approximate surface area is 118 Å². The van der Waals surface area contributed by atoms with Crippen molar-refractivity contribution >= 4 is 21.6 Å². The highest BCUT2D eigenvalue weighted by Gasteiger charge is 2.20. The average Bonchev–Trinajstić information content (AvgIpc) is 2.39. The van der Waals surface area contributed by atoms with Crippen LogP contribution in [0.2, 0.25) is 0 Å². The van der Waals surface area contributed by atoms with E-state index in [0.717, 1.165) is 16.1 Å². The van der Waals surface area contributed by atoms with Gasteiger partial charge in [0.25, 0.3) is 0 Å². The predicted molar refractivity (Wildman–Crippen MR) is 78.5 cm³/mol. The lowest BCUT2D eigenvalue weighted by atomic mass is 9.84. The molecule has 1 aromatic rings. The quantitative estimate of drug-likeness (QED) is 0.878. The van der Waals surface area contributed by atoms with Crippen molar-refractivity contribution < 1.29 is 0 Å². The normalized spacial score (nSPS) is 23.4. The maximum absolute atomic E-state index is 8.90. The Balaban J connectivity index is 2.01. The number of halogens is 1. The zero-order valence-electron chi connectivity index (χ0n) is 10.7. The van der Waals surface area contributed by atoms with Crippen molar-refractivity contribution in [2.45, 2.75) is 45.1 Å². The van der Waals surface area contributed by atoms with Gasteiger partial charge in [0.15, 0.2) is 0 Å². The fourth-order valence-electron chi connectivity index (χ4n) is 2.72. The molecule has 0 saturated heterocycles. The molecule has 2 unspecified atom stereocenters. The van der Waals surface area contributed by atoms with E-state index in [1.165, 1.54) is 32.1 Å². The summed E-state index contributed by atoms with van der Waals surface area (Å²) >= 11 is 3.44. The summed E-state index contributed by atoms with van der Waals surface area (Å²) in [4.78, 5) is 0. The SMILES string of the molecule is CCC1CCCC(Nc2ccc(C#N)c(Br)c2)C1. The molecule has 0 bridgehead atoms. The maximum Gasteiger partial charge on any atom is 0.100 e. The van der Waals surface area contributed by atoms with Gasteiger partial charge in [0.05, 0.1) is 5.56 Å². The molecule has 0 radical (unpaired) electrons. The first kappa shape index (κ1) is 13.4. The molecule has 2 nitrogen and oxygen atoms in total. The molecule has 96 valence electrons. The van der Waals surface area contributed by atoms with Crippen LogP contribution in [0, 0.1) is 17.2 Å². The zero-order chi connectivity index (χ0) is 13.0. The molecule has 0 aromatic heterocycles. The summed E-state index contributed by atoms with van der Waals surface area (Å²) in [5.41, 5.74) is 1.80. The highest BCUT2D eigenvalue weighted by atomic mass is 79.9. The van der Waals surface area contributed by atoms with Crippen molar-refractivity contribution in [3.05, 3.63) is 28.2 Å². The highest BCUT2D eigenvalue weighted by molar-refractivity contribution is 9.10. The Morgan fingerprint density at radius 3 is 2.94 bits per heavy atom. The van der Waals surface area contributed by atoms with Crippen LogP contribution in [0.15, 0.2) is 22.7 Å². The van der Waals surface area contributed by atoms with Gasteiger partial charge in [0.1, 0.15) is 6.07 Å². The number of nitrogens with one attached hydrogen (secondary N) is 1. The van der Waals surface area contributed by atoms with Crippen LogP contribution in [0.25, 0.3) is 0 Å². The van der Waals surface area contributed by atoms with Crippen LogP contribution >= 0.6 is 15.9 Å². The molecular formula is C15H19BrN2. The average molecular weight is 307 g/mol. The molecule has 2 atom stereocenters. The van der Waals surface area contributed by atoms with Gasteiger partial charge in [-0.2, -0.15) is 5.26 Å². The minimum atomic E-state index is 0.587. The lowest BCUT2D eigenvalue weighted by molar-refractivity contribution is 0.327. The molecule has 1 N–H and O–H groups in total. The summed E-state index contributed by atoms with van der Waals surface area (Å²) in [6, 6.07) is 8.63. The van der Waals surface area contributed by atoms with Crippen LogP contribution in [0.1, 0.15) is 44.6 Å². The molecule has 1 saturated carbocycles. The summed E-state index contributed by atoms with van der Waals surface area (Å²) < 4.78 is 0.873. The predicted octanol–water partition coefficient (Wildman–Crippen LogP) is 4.70. The third-order valence-electron chi connectivity index (χ3n) is 3.82. The Bertz CT molecular complexity index is 450. The van der Waals surface area contributed by atoms with E-state index in [2.05, 4.69) is 34.2 Å². The van der Waals surface area contributed by atoms with Gasteiger partial charge in [0, 0.05) is 16.2 Å². The van der Waals surface area contributed by atoms with Crippen molar-refractivity contribution in [2.24, 2.45) is 5.92 Å². The fraction of sp³-hybridized carbons (Fsp3) is 0.533. The molecule has 2 rings (SSSR count). The maximum atomic E-state index is 8.90. The number of nitriles is 1. The van der Waals surface area contributed by atoms with E-state index >= 15 is 0 Å². The second kappa shape index (κ2) is 6.24. The van der Waals surface area contributed by atoms with Crippen molar-refractivity contribution in [1.82, 2.24) is 0 Å². The molecule has 1 fully saturated rings. The van der Waals surface area contributed by atoms with Crippen molar-refractivity contribution in [2.75, 3.05) is 5.32 Å². The van der Waals surface area contributed by atoms with Gasteiger partial charge in [-0.25, -0.2) is 0 Å². The topological polar surface area (TPSA) is 35.8 Å². The van der Waals surface area contributed by atoms with Gasteiger partial charge < -0.3 is 5.32 Å². The Hall–Kier alpha value is -1.01. The largest absolute Gasteiger partial charge is 0.382 e. The van der Waals surface area contributed by atoms with Gasteiger partial charge in [-0.1, -0.05) is 26.2 Å². The molecular weight excluding hydrogens is 288 g/mol. The molecule has 0 amide bonds. The minimum absolute atomic E-state index is 0.587. The van der Waals surface area contributed by atoms with E-state index < -0.39 is 0 Å². The van der Waals surface area contributed by atoms with E-state index in [4.69, 9.17) is 5.26 Å². The molecule has 0 heterocycles. The third-order valence-corrected chi connectivity index (χ3v) is 4.48. The van der Waals surface area contributed by atoms with Crippen molar-refractivity contribution in [3.8, 4) is 6.07 Å². The summed E-state index contributed by atoms with van der Waals surface area (Å²) in [6.45, 7) is 2.28. The third kappa shape index (κ3) is 3.26. The number of rotatable bonds is 3. The van der Waals surface area contributed by atoms with Crippen molar-refractivity contribution in [3.63, 3.8) is 0 Å². The van der Waals surface area contributed by atoms with Gasteiger partial charge >= 0.3 is 0 Å². The number of hydrogen-bond donors (Lipinski definition) is 1. The van der Waals surface area contributed by atoms with Crippen molar-refractivity contribution in [1.29, 1.82) is 5.26 Å². The first-order valence-corrected chi connectivity index (χ1v) is 7.48. The number of hydrogen-bond acceptors (Lipinski definition) is 2. The first-order valence-electron chi connectivity index (χ1n) is 6.69. The second-order valence-electron chi connectivity index (χ2n) is 5.09.